The molecule has 111 heavy (non-hydrogen) atoms. The molecule has 0 bridgehead atoms. The second-order valence-electron chi connectivity index (χ2n) is 0.402. The van der Waals surface area contributed by atoms with E-state index >= 15 is 0 Å². The van der Waals surface area contributed by atoms with Crippen LogP contribution in [-0.4, -0.2) is 4690 Å². The van der Waals surface area contributed by atoms with Gasteiger partial charge in [0.25, 0.3) is 0 Å². The van der Waals surface area contributed by atoms with Crippen LogP contribution in [0.1, 0.15) is 0 Å². The molecule has 0 aliphatic rings. The van der Waals surface area contributed by atoms with E-state index in [1.54, 1.807) is 0 Å². The molecule has 0 aromatic rings. The summed E-state index contributed by atoms with van der Waals surface area (Å²) >= 11 is -7.53. The molecule has 0 atom stereocenters. The molecule has 0 saturated heterocycles. The zero-order chi connectivity index (χ0) is 7.15. The summed E-state index contributed by atoms with van der Waals surface area (Å²) in [5.74, 6) is 0. The molecular formula is H2I2O6Sr103+206. The number of hydrogen-bond donors (Lipinski definition) is 2. The Morgan fingerprint density at radius 1 is 0.0631 bits per heavy atom. The van der Waals surface area contributed by atoms with Gasteiger partial charge < -0.3 is 13.7 Å². The van der Waals surface area contributed by atoms with Crippen molar-refractivity contribution in [3.63, 3.8) is 0 Å². The minimum atomic E-state index is -3.76. The molecule has 2 N–H and O–H groups in total. The minimum Gasteiger partial charge on any atom is -0.396 e. The molecule has 111 heteroatoms. The number of rotatable bonds is 0. The molecule has 52 valence electrons. The molecule has 0 aromatic carbocycles. The summed E-state index contributed by atoms with van der Waals surface area (Å²) in [4.78, 5) is 0. The van der Waals surface area contributed by atoms with Crippen molar-refractivity contribution in [3.05, 3.63) is 0 Å². The summed E-state index contributed by atoms with van der Waals surface area (Å²) in [6.07, 6.45) is 0. The third-order valence-corrected chi connectivity index (χ3v) is 0. The van der Waals surface area contributed by atoms with Gasteiger partial charge in [0, 0.05) is 0 Å². The van der Waals surface area contributed by atoms with E-state index in [9.17, 15) is 0 Å². The Labute approximate surface area is 4530 Å². The molecule has 0 amide bonds. The molecule has 6 nitrogen and oxygen atoms in total. The number of halogens is 2. The monoisotopic (exact) mass is 9410 g/mol. The van der Waals surface area contributed by atoms with Crippen molar-refractivity contribution in [2.24, 2.45) is 0 Å². The second kappa shape index (κ2) is 714. The Hall–Kier alpha value is 154. The molecule has 0 aromatic heterocycles. The quantitative estimate of drug-likeness (QED) is 0.183. The first-order valence-electron chi connectivity index (χ1n) is 0.955. The average Bonchev–Trinajstić information content (AvgIpc) is 1.25. The van der Waals surface area contributed by atoms with Gasteiger partial charge in [-0.05, 0) is 6.87 Å². The molecule has 0 rings (SSSR count). The van der Waals surface area contributed by atoms with E-state index in [1.807, 2.05) is 0 Å². The van der Waals surface area contributed by atoms with E-state index < -0.39 is 42.1 Å². The third kappa shape index (κ3) is 764. The van der Waals surface area contributed by atoms with Crippen LogP contribution < -0.4 is 55.9 Å². The van der Waals surface area contributed by atoms with Crippen LogP contribution in [0.5, 0.6) is 0 Å². The molecular weight excluding hydrogens is 9370 g/mol. The van der Waals surface area contributed by atoms with E-state index in [1.165, 1.54) is 0 Å². The maximum absolute atomic E-state index is 8.68. The van der Waals surface area contributed by atoms with Crippen LogP contribution in [0.3, 0.4) is 0 Å². The van der Waals surface area contributed by atoms with Gasteiger partial charge in [-0.15, -0.1) is 0 Å². The molecule has 0 aliphatic heterocycles. The van der Waals surface area contributed by atoms with Gasteiger partial charge in [0.15, 0.2) is 0 Å². The van der Waals surface area contributed by atoms with Crippen molar-refractivity contribution in [3.8, 4) is 0 Å². The van der Waals surface area contributed by atoms with Crippen LogP contribution in [0, 0.1) is 0 Å². The summed E-state index contributed by atoms with van der Waals surface area (Å²) in [5, 5.41) is 0. The predicted molar refractivity (Wildman–Crippen MR) is 597 cm³/mol. The normalized spacial score (nSPS) is 0.649. The fourth-order valence-electron chi connectivity index (χ4n) is 0. The van der Waals surface area contributed by atoms with Crippen LogP contribution in [0.15, 0.2) is 0 Å². The Morgan fingerprint density at radius 2 is 0.0631 bits per heavy atom. The summed E-state index contributed by atoms with van der Waals surface area (Å²) in [6, 6.07) is 0. The maximum atomic E-state index is 8.68. The Balaban J connectivity index is -0.0000000000327. The molecule has 0 spiro atoms. The standard InChI is InChI=1S/2HIO3.103Sr/c2*2-1(3)4;;;;;;;;;;;;;;;;;;;;;;;;;;;;;;;;;;;;;;;;;;;;;;;;;;;;;;;;;;;;;;;;;;;;;;;;;;;;;;;;;;;;;;;;;;;;;;;;;;;;;;;/h2*2H;;;;;;;;;;;;;;;;;;;;;;;;;;;;;;;;;;;;;;;;;;;;;;;;;;;;;;;;;;;;;;;;;;;;;;;;;;;;;;;;;;;;;;;;;;;;;;;;;;;;;;;/q;;103*+2. The van der Waals surface area contributed by atoms with Gasteiger partial charge in [-0.3, -0.25) is 0 Å². The molecule has 0 aliphatic carbocycles. The number of hydrogen-bond acceptors (Lipinski definition) is 6. The van der Waals surface area contributed by atoms with Crippen LogP contribution in [0.25, 0.3) is 0 Å². The smallest absolute Gasteiger partial charge is 0.396 e. The largest absolute Gasteiger partial charge is 2.00 e. The molecule has 0 heterocycles. The first-order valence-corrected chi connectivity index (χ1v) is 6.41. The first kappa shape index (κ1) is 722. The van der Waals surface area contributed by atoms with Gasteiger partial charge in [-0.1, -0.05) is 0 Å². The topological polar surface area (TPSA) is 133 Å². The third-order valence-electron chi connectivity index (χ3n) is 0. The maximum Gasteiger partial charge on any atom is 2.00 e. The average molecular weight is 9380 g/mol. The van der Waals surface area contributed by atoms with Gasteiger partial charge >= 0.3 is 4730 Å². The Bertz CT molecular complexity index is 63.5. The van der Waals surface area contributed by atoms with Crippen LogP contribution in [-0.2, 0) is 0 Å². The van der Waals surface area contributed by atoms with E-state index in [2.05, 4.69) is 0 Å². The van der Waals surface area contributed by atoms with Crippen molar-refractivity contribution in [2.75, 3.05) is 0 Å². The second-order valence-corrected chi connectivity index (χ2v) is 2.70. The molecule has 0 fully saturated rings. The van der Waals surface area contributed by atoms with Crippen molar-refractivity contribution in [1.82, 2.24) is 0 Å². The van der Waals surface area contributed by atoms with Gasteiger partial charge in [-0.2, -0.15) is 0 Å². The van der Waals surface area contributed by atoms with Crippen molar-refractivity contribution in [1.29, 1.82) is 0 Å². The SMILES string of the molecule is [O-][I+2]([O-])O.[O-][I+2]([O-])O.[Sr+2].[Sr+2].[Sr+2].[Sr+2].[Sr+2].[Sr+2].[Sr+2].[Sr+2].[Sr+2].[Sr+2].[Sr+2].[Sr+2].[Sr+2].[Sr+2].[Sr+2].[Sr+2].[Sr+2].[Sr+2].[Sr+2].[Sr+2].[Sr+2].[Sr+2].[Sr+2].[Sr+2].[Sr+2].[Sr+2].[Sr+2].[Sr+2].[Sr+2].[Sr+2].[Sr+2].[Sr+2].[Sr+2].[Sr+2].[Sr+2].[Sr+2].[Sr+2].[Sr+2].[Sr+2].[Sr+2].[Sr+2].[Sr+2].[Sr+2].[Sr+2].[Sr+2].[Sr+2].[Sr+2].[Sr+2].[Sr+2].[Sr+2].[Sr+2].[Sr+2].[Sr+2].[Sr+2].[Sr+2].[Sr+2].[Sr+2].[Sr+2].[Sr+2].[Sr+2].[Sr+2].[Sr+2].[Sr+2].[Sr+2].[Sr+2].[Sr+2].[Sr+2].[Sr+2].[Sr+2].[Sr+2].[Sr+2].[Sr+2].[Sr+2].[Sr+2].[Sr+2].[Sr+2].[Sr+2].[Sr+2].[Sr+2].[Sr+2].[Sr+2].[Sr+2].[Sr+2].[Sr+2].[Sr+2].[Sr+2].[Sr+2].[Sr+2].[Sr+2].[Sr+2].[Sr+2].[Sr+2].[Sr+2].[Sr+2].[Sr+2].[Sr+2].[Sr+2].[Sr+2].[Sr+2].[Sr+2].[Sr+2].[Sr+2].[Sr+2]. The van der Waals surface area contributed by atoms with Crippen molar-refractivity contribution < 1.29 is 62.7 Å². The van der Waals surface area contributed by atoms with Crippen LogP contribution >= 0.6 is 0 Å². The molecule has 0 saturated carbocycles. The van der Waals surface area contributed by atoms with Gasteiger partial charge in [0.1, 0.15) is 0 Å². The fraction of sp³-hybridized carbons (Fsp3) is 0. The van der Waals surface area contributed by atoms with Crippen LogP contribution in [0.4, 0.5) is 0 Å². The summed E-state index contributed by atoms with van der Waals surface area (Å²) < 4.78 is 48.9. The van der Waals surface area contributed by atoms with E-state index in [0.717, 1.165) is 0 Å². The molecule has 0 radical (unpaired) electrons. The zero-order valence-electron chi connectivity index (χ0n) is 76.1. The predicted octanol–water partition coefficient (Wildman–Crippen LogP) is -51.1. The summed E-state index contributed by atoms with van der Waals surface area (Å²) in [7, 11) is 0. The van der Waals surface area contributed by atoms with Gasteiger partial charge in [0.2, 0.25) is 0 Å². The zero-order valence-corrected chi connectivity index (χ0v) is 438. The summed E-state index contributed by atoms with van der Waals surface area (Å²) in [6.45, 7) is 0. The Kier molecular flexibility index (Phi) is 4640. The van der Waals surface area contributed by atoms with Crippen molar-refractivity contribution >= 4 is 4680 Å². The van der Waals surface area contributed by atoms with Crippen LogP contribution in [0.2, 0.25) is 0 Å². The van der Waals surface area contributed by atoms with E-state index in [0.29, 0.717) is 0 Å². The summed E-state index contributed by atoms with van der Waals surface area (Å²) in [5.41, 5.74) is 0. The molecule has 0 unspecified atom stereocenters. The van der Waals surface area contributed by atoms with E-state index in [4.69, 9.17) is 20.6 Å². The van der Waals surface area contributed by atoms with Gasteiger partial charge in [0.05, 0.1) is 0 Å². The minimum absolute atomic E-state index is 0. The fourth-order valence-corrected chi connectivity index (χ4v) is 0. The van der Waals surface area contributed by atoms with Crippen molar-refractivity contribution in [2.45, 2.75) is 0 Å². The van der Waals surface area contributed by atoms with E-state index in [-0.39, 0.29) is 4680 Å². The van der Waals surface area contributed by atoms with Gasteiger partial charge in [-0.25, -0.2) is 0 Å². The first-order chi connectivity index (χ1) is 3.46. The Morgan fingerprint density at radius 3 is 0.0631 bits per heavy atom.